The molecule has 0 aliphatic carbocycles. The van der Waals surface area contributed by atoms with E-state index in [9.17, 15) is 9.59 Å². The van der Waals surface area contributed by atoms with Crippen molar-refractivity contribution in [2.75, 3.05) is 7.11 Å². The summed E-state index contributed by atoms with van der Waals surface area (Å²) in [6.07, 6.45) is 2.36. The maximum atomic E-state index is 13.9. The number of fused-ring (bicyclic) bond motifs is 1. The second-order valence-electron chi connectivity index (χ2n) is 8.80. The van der Waals surface area contributed by atoms with Crippen molar-refractivity contribution >= 4 is 61.9 Å². The Hall–Kier alpha value is -3.02. The van der Waals surface area contributed by atoms with Gasteiger partial charge in [0.05, 0.1) is 29.0 Å². The Kier molecular flexibility index (Phi) is 8.49. The van der Waals surface area contributed by atoms with Gasteiger partial charge in [-0.2, -0.15) is 0 Å². The highest BCUT2D eigenvalue weighted by Gasteiger charge is 2.33. The van der Waals surface area contributed by atoms with E-state index in [2.05, 4.69) is 38.5 Å². The summed E-state index contributed by atoms with van der Waals surface area (Å²) in [7, 11) is 1.35. The molecule has 2 heterocycles. The predicted molar refractivity (Wildman–Crippen MR) is 164 cm³/mol. The third-order valence-corrected chi connectivity index (χ3v) is 8.53. The predicted octanol–water partition coefficient (Wildman–Crippen LogP) is 5.74. The fourth-order valence-corrected chi connectivity index (χ4v) is 6.21. The molecule has 0 unspecified atom stereocenters. The Morgan fingerprint density at radius 1 is 1.13 bits per heavy atom. The van der Waals surface area contributed by atoms with Crippen LogP contribution in [-0.2, 0) is 16.1 Å². The molecule has 0 radical (unpaired) electrons. The van der Waals surface area contributed by atoms with Crippen LogP contribution in [0.15, 0.2) is 98.3 Å². The number of nitrogens with zero attached hydrogens (tertiary/aromatic N) is 2. The Bertz CT molecular complexity index is 1740. The lowest BCUT2D eigenvalue weighted by molar-refractivity contribution is -0.136. The average molecular weight is 715 g/mol. The first kappa shape index (κ1) is 27.5. The van der Waals surface area contributed by atoms with Crippen LogP contribution in [-0.4, -0.2) is 17.6 Å². The number of carbonyl (C=O) groups is 1. The van der Waals surface area contributed by atoms with Crippen molar-refractivity contribution in [1.29, 1.82) is 0 Å². The quantitative estimate of drug-likeness (QED) is 0.181. The lowest BCUT2D eigenvalue weighted by atomic mass is 9.95. The maximum Gasteiger partial charge on any atom is 0.338 e. The van der Waals surface area contributed by atoms with Crippen LogP contribution in [0.3, 0.4) is 0 Å². The van der Waals surface area contributed by atoms with Crippen LogP contribution in [0.5, 0.6) is 5.75 Å². The molecule has 9 heteroatoms. The molecule has 0 saturated carbocycles. The highest BCUT2D eigenvalue weighted by molar-refractivity contribution is 14.1. The van der Waals surface area contributed by atoms with Crippen molar-refractivity contribution in [2.24, 2.45) is 4.99 Å². The minimum atomic E-state index is -0.633. The van der Waals surface area contributed by atoms with Gasteiger partial charge in [0.1, 0.15) is 12.4 Å². The fraction of sp³-hybridized carbons (Fsp3) is 0.167. The van der Waals surface area contributed by atoms with Crippen LogP contribution in [0.2, 0.25) is 0 Å². The molecule has 3 aromatic carbocycles. The second kappa shape index (κ2) is 12.0. The number of hydrogen-bond acceptors (Lipinski definition) is 6. The van der Waals surface area contributed by atoms with Crippen molar-refractivity contribution < 1.29 is 14.3 Å². The fourth-order valence-electron chi connectivity index (χ4n) is 4.46. The van der Waals surface area contributed by atoms with Crippen LogP contribution in [0.1, 0.15) is 36.1 Å². The van der Waals surface area contributed by atoms with E-state index in [1.807, 2.05) is 85.8 Å². The standard InChI is InChI=1S/C30H24BrIN2O4S/c1-3-23-26(29(36)37-2)27(19-7-5-4-6-8-19)34-28(35)25(39-30(34)33-23)16-20-15-21(31)11-14-24(20)38-17-18-9-12-22(32)13-10-18/h4-16,27H,3,17H2,1-2H3/b25-16-/t27-/m0/s1. The third kappa shape index (κ3) is 5.80. The minimum absolute atomic E-state index is 0.229. The number of thiazole rings is 1. The molecule has 1 aliphatic heterocycles. The van der Waals surface area contributed by atoms with E-state index in [0.29, 0.717) is 39.4 Å². The summed E-state index contributed by atoms with van der Waals surface area (Å²) in [5.74, 6) is 0.170. The van der Waals surface area contributed by atoms with E-state index in [0.717, 1.165) is 24.7 Å². The van der Waals surface area contributed by atoms with Gasteiger partial charge in [0, 0.05) is 13.6 Å². The molecule has 4 aromatic rings. The Labute approximate surface area is 251 Å². The van der Waals surface area contributed by atoms with Crippen LogP contribution >= 0.6 is 49.9 Å². The molecule has 0 bridgehead atoms. The number of halogens is 2. The number of aromatic nitrogens is 1. The first-order valence-corrected chi connectivity index (χ1v) is 14.9. The molecule has 0 amide bonds. The molecular weight excluding hydrogens is 691 g/mol. The Balaban J connectivity index is 1.63. The summed E-state index contributed by atoms with van der Waals surface area (Å²) < 4.78 is 15.4. The van der Waals surface area contributed by atoms with Crippen molar-refractivity contribution in [2.45, 2.75) is 26.0 Å². The third-order valence-electron chi connectivity index (χ3n) is 6.33. The van der Waals surface area contributed by atoms with Crippen LogP contribution in [0.25, 0.3) is 6.08 Å². The van der Waals surface area contributed by atoms with E-state index in [4.69, 9.17) is 14.5 Å². The lowest BCUT2D eigenvalue weighted by Gasteiger charge is -2.25. The van der Waals surface area contributed by atoms with Crippen molar-refractivity contribution in [3.8, 4) is 5.75 Å². The van der Waals surface area contributed by atoms with Gasteiger partial charge >= 0.3 is 5.97 Å². The molecule has 1 aromatic heterocycles. The van der Waals surface area contributed by atoms with E-state index < -0.39 is 12.0 Å². The van der Waals surface area contributed by atoms with Gasteiger partial charge in [-0.25, -0.2) is 9.79 Å². The minimum Gasteiger partial charge on any atom is -0.488 e. The number of hydrogen-bond donors (Lipinski definition) is 0. The number of methoxy groups -OCH3 is 1. The molecule has 0 fully saturated rings. The molecule has 39 heavy (non-hydrogen) atoms. The summed E-state index contributed by atoms with van der Waals surface area (Å²) in [4.78, 5) is 32.1. The van der Waals surface area contributed by atoms with E-state index in [1.165, 1.54) is 18.4 Å². The summed E-state index contributed by atoms with van der Waals surface area (Å²) in [6.45, 7) is 2.34. The Morgan fingerprint density at radius 3 is 2.56 bits per heavy atom. The largest absolute Gasteiger partial charge is 0.488 e. The van der Waals surface area contributed by atoms with Crippen LogP contribution < -0.4 is 19.6 Å². The number of allylic oxidation sites excluding steroid dienone is 1. The molecule has 0 saturated heterocycles. The number of benzene rings is 3. The lowest BCUT2D eigenvalue weighted by Crippen LogP contribution is -2.40. The molecule has 0 spiro atoms. The zero-order valence-corrected chi connectivity index (χ0v) is 25.7. The first-order valence-electron chi connectivity index (χ1n) is 12.2. The highest BCUT2D eigenvalue weighted by atomic mass is 127. The molecule has 1 aliphatic rings. The zero-order chi connectivity index (χ0) is 27.5. The molecule has 6 nitrogen and oxygen atoms in total. The summed E-state index contributed by atoms with van der Waals surface area (Å²) in [5, 5.41) is 0. The maximum absolute atomic E-state index is 13.9. The summed E-state index contributed by atoms with van der Waals surface area (Å²) >= 11 is 7.12. The highest BCUT2D eigenvalue weighted by Crippen LogP contribution is 2.32. The van der Waals surface area contributed by atoms with Gasteiger partial charge in [-0.05, 0) is 76.5 Å². The number of rotatable bonds is 7. The van der Waals surface area contributed by atoms with Crippen molar-refractivity contribution in [1.82, 2.24) is 4.57 Å². The van der Waals surface area contributed by atoms with Gasteiger partial charge in [-0.1, -0.05) is 76.7 Å². The van der Waals surface area contributed by atoms with E-state index in [-0.39, 0.29) is 5.56 Å². The molecule has 0 N–H and O–H groups in total. The summed E-state index contributed by atoms with van der Waals surface area (Å²) in [6, 6.07) is 22.7. The summed E-state index contributed by atoms with van der Waals surface area (Å²) in [5.41, 5.74) is 3.40. The van der Waals surface area contributed by atoms with Gasteiger partial charge in [0.25, 0.3) is 5.56 Å². The number of ether oxygens (including phenoxy) is 2. The molecule has 1 atom stereocenters. The smallest absolute Gasteiger partial charge is 0.338 e. The average Bonchev–Trinajstić information content (AvgIpc) is 3.26. The van der Waals surface area contributed by atoms with Crippen molar-refractivity contribution in [3.05, 3.63) is 128 Å². The van der Waals surface area contributed by atoms with Crippen LogP contribution in [0.4, 0.5) is 0 Å². The second-order valence-corrected chi connectivity index (χ2v) is 12.0. The van der Waals surface area contributed by atoms with E-state index in [1.54, 1.807) is 4.57 Å². The molecule has 198 valence electrons. The zero-order valence-electron chi connectivity index (χ0n) is 21.2. The van der Waals surface area contributed by atoms with Gasteiger partial charge in [0.2, 0.25) is 0 Å². The van der Waals surface area contributed by atoms with Crippen molar-refractivity contribution in [3.63, 3.8) is 0 Å². The Morgan fingerprint density at radius 2 is 1.87 bits per heavy atom. The van der Waals surface area contributed by atoms with E-state index >= 15 is 0 Å². The van der Waals surface area contributed by atoms with Gasteiger partial charge in [-0.3, -0.25) is 9.36 Å². The topological polar surface area (TPSA) is 69.9 Å². The number of carbonyl (C=O) groups excluding carboxylic acids is 1. The molecular formula is C30H24BrIN2O4S. The van der Waals surface area contributed by atoms with Crippen LogP contribution in [0, 0.1) is 3.57 Å². The van der Waals surface area contributed by atoms with Gasteiger partial charge < -0.3 is 9.47 Å². The number of esters is 1. The van der Waals surface area contributed by atoms with Gasteiger partial charge in [0.15, 0.2) is 4.80 Å². The van der Waals surface area contributed by atoms with Gasteiger partial charge in [-0.15, -0.1) is 0 Å². The normalized spacial score (nSPS) is 15.1. The molecule has 5 rings (SSSR count). The first-order chi connectivity index (χ1) is 18.9. The SMILES string of the molecule is CCC1=C(C(=O)OC)[C@H](c2ccccc2)n2c(s/c(=C\c3cc(Br)ccc3OCc3ccc(I)cc3)c2=O)=N1. The monoisotopic (exact) mass is 714 g/mol.